The fourth-order valence-electron chi connectivity index (χ4n) is 1.05. The largest absolute Gasteiger partial charge is 0.480 e. The molecular formula is C8H11N3O4. The number of carbonyl (C=O) groups is 2. The van der Waals surface area contributed by atoms with E-state index in [1.165, 1.54) is 6.33 Å². The highest BCUT2D eigenvalue weighted by molar-refractivity contribution is 5.97. The van der Waals surface area contributed by atoms with Gasteiger partial charge in [-0.1, -0.05) is 0 Å². The third kappa shape index (κ3) is 3.39. The van der Waals surface area contributed by atoms with Gasteiger partial charge in [0.2, 0.25) is 6.04 Å². The van der Waals surface area contributed by atoms with Crippen LogP contribution in [0.1, 0.15) is 5.69 Å². The van der Waals surface area contributed by atoms with Crippen molar-refractivity contribution < 1.29 is 19.8 Å². The number of hydrogen-bond acceptors (Lipinski definition) is 4. The van der Waals surface area contributed by atoms with Crippen molar-refractivity contribution in [1.82, 2.24) is 15.3 Å². The number of H-pyrrole nitrogens is 1. The van der Waals surface area contributed by atoms with Gasteiger partial charge in [-0.3, -0.25) is 5.32 Å². The van der Waals surface area contributed by atoms with Gasteiger partial charge in [0.25, 0.3) is 0 Å². The lowest BCUT2D eigenvalue weighted by molar-refractivity contribution is -0.151. The van der Waals surface area contributed by atoms with Crippen molar-refractivity contribution in [3.63, 3.8) is 0 Å². The summed E-state index contributed by atoms with van der Waals surface area (Å²) in [6, 6.07) is -1.56. The summed E-state index contributed by atoms with van der Waals surface area (Å²) >= 11 is 0. The number of carboxylic acids is 2. The van der Waals surface area contributed by atoms with E-state index in [1.54, 1.807) is 6.20 Å². The van der Waals surface area contributed by atoms with Gasteiger partial charge < -0.3 is 15.2 Å². The zero-order valence-corrected chi connectivity index (χ0v) is 7.80. The second-order valence-corrected chi connectivity index (χ2v) is 2.89. The Bertz CT molecular complexity index is 322. The standard InChI is InChI=1S/C8H11N3O4/c12-7(13)6(8(14)15)10-2-1-5-3-9-4-11-5/h3-4,6,10H,1-2H2,(H,9,11)(H,12,13)(H,14,15). The Morgan fingerprint density at radius 3 is 2.60 bits per heavy atom. The predicted molar refractivity (Wildman–Crippen MR) is 49.4 cm³/mol. The fourth-order valence-corrected chi connectivity index (χ4v) is 1.05. The molecule has 4 N–H and O–H groups in total. The summed E-state index contributed by atoms with van der Waals surface area (Å²) in [7, 11) is 0. The van der Waals surface area contributed by atoms with Gasteiger partial charge in [-0.05, 0) is 0 Å². The molecule has 15 heavy (non-hydrogen) atoms. The highest BCUT2D eigenvalue weighted by Gasteiger charge is 2.24. The molecule has 1 rings (SSSR count). The quantitative estimate of drug-likeness (QED) is 0.454. The van der Waals surface area contributed by atoms with E-state index in [4.69, 9.17) is 10.2 Å². The number of nitrogens with zero attached hydrogens (tertiary/aromatic N) is 1. The highest BCUT2D eigenvalue weighted by atomic mass is 16.4. The second kappa shape index (κ2) is 5.11. The Labute approximate surface area is 85.1 Å². The van der Waals surface area contributed by atoms with E-state index < -0.39 is 18.0 Å². The zero-order chi connectivity index (χ0) is 11.3. The zero-order valence-electron chi connectivity index (χ0n) is 7.80. The van der Waals surface area contributed by atoms with E-state index in [-0.39, 0.29) is 6.54 Å². The van der Waals surface area contributed by atoms with Crippen LogP contribution in [-0.2, 0) is 16.0 Å². The molecule has 1 aromatic heterocycles. The molecule has 0 unspecified atom stereocenters. The number of imidazole rings is 1. The van der Waals surface area contributed by atoms with Crippen molar-refractivity contribution in [2.24, 2.45) is 0 Å². The molecule has 0 spiro atoms. The van der Waals surface area contributed by atoms with Crippen LogP contribution in [0.3, 0.4) is 0 Å². The van der Waals surface area contributed by atoms with Crippen molar-refractivity contribution in [2.75, 3.05) is 6.54 Å². The number of aromatic nitrogens is 2. The van der Waals surface area contributed by atoms with Gasteiger partial charge in [0.1, 0.15) is 0 Å². The molecule has 0 aliphatic rings. The van der Waals surface area contributed by atoms with Crippen LogP contribution in [0.4, 0.5) is 0 Å². The fraction of sp³-hybridized carbons (Fsp3) is 0.375. The van der Waals surface area contributed by atoms with Crippen LogP contribution in [-0.4, -0.2) is 44.7 Å². The molecule has 1 aromatic rings. The first-order valence-corrected chi connectivity index (χ1v) is 4.27. The summed E-state index contributed by atoms with van der Waals surface area (Å²) in [4.78, 5) is 27.5. The SMILES string of the molecule is O=C(O)C(NCCc1cnc[nH]1)C(=O)O. The Kier molecular flexibility index (Phi) is 3.81. The average Bonchev–Trinajstić information content (AvgIpc) is 2.63. The van der Waals surface area contributed by atoms with Crippen molar-refractivity contribution in [2.45, 2.75) is 12.5 Å². The van der Waals surface area contributed by atoms with Crippen LogP contribution < -0.4 is 5.32 Å². The molecule has 0 fully saturated rings. The van der Waals surface area contributed by atoms with Crippen LogP contribution >= 0.6 is 0 Å². The van der Waals surface area contributed by atoms with Gasteiger partial charge in [-0.2, -0.15) is 0 Å². The van der Waals surface area contributed by atoms with Crippen molar-refractivity contribution in [1.29, 1.82) is 0 Å². The Morgan fingerprint density at radius 1 is 1.47 bits per heavy atom. The van der Waals surface area contributed by atoms with Gasteiger partial charge in [0.05, 0.1) is 6.33 Å². The molecule has 0 aromatic carbocycles. The average molecular weight is 213 g/mol. The summed E-state index contributed by atoms with van der Waals surface area (Å²) in [6.45, 7) is 0.255. The lowest BCUT2D eigenvalue weighted by atomic mass is 10.2. The molecule has 0 amide bonds. The van der Waals surface area contributed by atoms with E-state index in [9.17, 15) is 9.59 Å². The molecule has 1 heterocycles. The molecule has 7 heteroatoms. The van der Waals surface area contributed by atoms with Gasteiger partial charge in [-0.25, -0.2) is 14.6 Å². The normalized spacial score (nSPS) is 10.5. The van der Waals surface area contributed by atoms with Crippen molar-refractivity contribution in [3.8, 4) is 0 Å². The van der Waals surface area contributed by atoms with Crippen molar-refractivity contribution >= 4 is 11.9 Å². The van der Waals surface area contributed by atoms with E-state index in [0.29, 0.717) is 6.42 Å². The minimum absolute atomic E-state index is 0.255. The lowest BCUT2D eigenvalue weighted by Crippen LogP contribution is -2.44. The van der Waals surface area contributed by atoms with E-state index in [2.05, 4.69) is 15.3 Å². The van der Waals surface area contributed by atoms with Gasteiger partial charge in [-0.15, -0.1) is 0 Å². The van der Waals surface area contributed by atoms with E-state index >= 15 is 0 Å². The van der Waals surface area contributed by atoms with Crippen LogP contribution in [0.2, 0.25) is 0 Å². The summed E-state index contributed by atoms with van der Waals surface area (Å²) in [6.07, 6.45) is 3.59. The molecule has 0 bridgehead atoms. The molecule has 0 aliphatic heterocycles. The van der Waals surface area contributed by atoms with Crippen LogP contribution in [0.25, 0.3) is 0 Å². The predicted octanol–water partition coefficient (Wildman–Crippen LogP) is -0.920. The number of hydrogen-bond donors (Lipinski definition) is 4. The number of aromatic amines is 1. The first kappa shape index (κ1) is 11.2. The van der Waals surface area contributed by atoms with Crippen LogP contribution in [0, 0.1) is 0 Å². The Hall–Kier alpha value is -1.89. The Morgan fingerprint density at radius 2 is 2.13 bits per heavy atom. The highest BCUT2D eigenvalue weighted by Crippen LogP contribution is 1.92. The van der Waals surface area contributed by atoms with E-state index in [1.807, 2.05) is 0 Å². The second-order valence-electron chi connectivity index (χ2n) is 2.89. The molecule has 0 atom stereocenters. The maximum absolute atomic E-state index is 10.5. The minimum atomic E-state index is -1.56. The number of carboxylic acid groups (broad SMARTS) is 2. The first-order chi connectivity index (χ1) is 7.11. The molecule has 0 aliphatic carbocycles. The molecule has 7 nitrogen and oxygen atoms in total. The molecule has 0 saturated carbocycles. The third-order valence-electron chi connectivity index (χ3n) is 1.79. The van der Waals surface area contributed by atoms with Crippen molar-refractivity contribution in [3.05, 3.63) is 18.2 Å². The molecule has 82 valence electrons. The smallest absolute Gasteiger partial charge is 0.332 e. The molecule has 0 saturated heterocycles. The number of aliphatic carboxylic acids is 2. The molecular weight excluding hydrogens is 202 g/mol. The molecule has 0 radical (unpaired) electrons. The summed E-state index contributed by atoms with van der Waals surface area (Å²) in [5, 5.41) is 19.5. The summed E-state index contributed by atoms with van der Waals surface area (Å²) in [5.41, 5.74) is 0.817. The first-order valence-electron chi connectivity index (χ1n) is 4.27. The van der Waals surface area contributed by atoms with Crippen LogP contribution in [0.5, 0.6) is 0 Å². The maximum atomic E-state index is 10.5. The topological polar surface area (TPSA) is 115 Å². The van der Waals surface area contributed by atoms with E-state index in [0.717, 1.165) is 5.69 Å². The lowest BCUT2D eigenvalue weighted by Gasteiger charge is -2.08. The van der Waals surface area contributed by atoms with Gasteiger partial charge in [0.15, 0.2) is 0 Å². The Balaban J connectivity index is 2.35. The summed E-state index contributed by atoms with van der Waals surface area (Å²) in [5.74, 6) is -2.79. The summed E-state index contributed by atoms with van der Waals surface area (Å²) < 4.78 is 0. The monoisotopic (exact) mass is 213 g/mol. The van der Waals surface area contributed by atoms with Gasteiger partial charge in [0, 0.05) is 24.9 Å². The number of nitrogens with one attached hydrogen (secondary N) is 2. The maximum Gasteiger partial charge on any atom is 0.332 e. The minimum Gasteiger partial charge on any atom is -0.480 e. The van der Waals surface area contributed by atoms with Gasteiger partial charge >= 0.3 is 11.9 Å². The van der Waals surface area contributed by atoms with Crippen LogP contribution in [0.15, 0.2) is 12.5 Å². The number of rotatable bonds is 6. The third-order valence-corrected chi connectivity index (χ3v) is 1.79.